The molecule has 29 heavy (non-hydrogen) atoms. The average Bonchev–Trinajstić information content (AvgIpc) is 3.17. The first-order valence-corrected chi connectivity index (χ1v) is 10.0. The van der Waals surface area contributed by atoms with Gasteiger partial charge in [0, 0.05) is 37.8 Å². The smallest absolute Gasteiger partial charge is 0.241 e. The SMILES string of the molecule is CC(C)c1noc(CN2CCN(C(C)C(=O)Nc3ccc(C#N)c(Cl)c3)CC2)n1. The molecular formula is C20H25ClN6O2. The van der Waals surface area contributed by atoms with Gasteiger partial charge in [0.25, 0.3) is 0 Å². The van der Waals surface area contributed by atoms with E-state index >= 15 is 0 Å². The molecule has 9 heteroatoms. The lowest BCUT2D eigenvalue weighted by Gasteiger charge is -2.36. The summed E-state index contributed by atoms with van der Waals surface area (Å²) in [6.45, 7) is 9.76. The van der Waals surface area contributed by atoms with Crippen molar-refractivity contribution in [3.8, 4) is 6.07 Å². The molecule has 1 aromatic carbocycles. The summed E-state index contributed by atoms with van der Waals surface area (Å²) in [4.78, 5) is 21.4. The Bertz CT molecular complexity index is 899. The highest BCUT2D eigenvalue weighted by Gasteiger charge is 2.26. The molecule has 3 rings (SSSR count). The molecule has 1 amide bonds. The number of halogens is 1. The maximum atomic E-state index is 12.6. The Hall–Kier alpha value is -2.47. The molecular weight excluding hydrogens is 392 g/mol. The van der Waals surface area contributed by atoms with E-state index in [9.17, 15) is 4.79 Å². The van der Waals surface area contributed by atoms with Crippen molar-refractivity contribution in [3.63, 3.8) is 0 Å². The summed E-state index contributed by atoms with van der Waals surface area (Å²) in [5, 5.41) is 16.1. The molecule has 0 radical (unpaired) electrons. The van der Waals surface area contributed by atoms with E-state index < -0.39 is 0 Å². The van der Waals surface area contributed by atoms with Gasteiger partial charge in [-0.1, -0.05) is 30.6 Å². The van der Waals surface area contributed by atoms with Gasteiger partial charge in [-0.2, -0.15) is 10.2 Å². The van der Waals surface area contributed by atoms with Gasteiger partial charge in [0.2, 0.25) is 11.8 Å². The molecule has 0 aliphatic carbocycles. The number of benzene rings is 1. The third kappa shape index (κ3) is 5.32. The molecule has 1 saturated heterocycles. The summed E-state index contributed by atoms with van der Waals surface area (Å²) >= 11 is 6.04. The second-order valence-electron chi connectivity index (χ2n) is 7.48. The highest BCUT2D eigenvalue weighted by Crippen LogP contribution is 2.21. The maximum Gasteiger partial charge on any atom is 0.241 e. The van der Waals surface area contributed by atoms with Crippen LogP contribution in [0.4, 0.5) is 5.69 Å². The molecule has 1 N–H and O–H groups in total. The normalized spacial score (nSPS) is 16.6. The first kappa shape index (κ1) is 21.2. The zero-order chi connectivity index (χ0) is 21.0. The number of piperazine rings is 1. The second-order valence-corrected chi connectivity index (χ2v) is 7.89. The number of nitrogens with one attached hydrogen (secondary N) is 1. The topological polar surface area (TPSA) is 98.3 Å². The molecule has 1 aliphatic rings. The number of rotatable bonds is 6. The second kappa shape index (κ2) is 9.35. The first-order chi connectivity index (χ1) is 13.9. The van der Waals surface area contributed by atoms with Crippen molar-refractivity contribution in [1.29, 1.82) is 5.26 Å². The number of anilines is 1. The summed E-state index contributed by atoms with van der Waals surface area (Å²) < 4.78 is 5.32. The molecule has 0 bridgehead atoms. The summed E-state index contributed by atoms with van der Waals surface area (Å²) in [6, 6.07) is 6.61. The third-order valence-electron chi connectivity index (χ3n) is 5.05. The molecule has 0 spiro atoms. The number of nitriles is 1. The maximum absolute atomic E-state index is 12.6. The van der Waals surface area contributed by atoms with Gasteiger partial charge >= 0.3 is 0 Å². The summed E-state index contributed by atoms with van der Waals surface area (Å²) in [5.74, 6) is 1.50. The van der Waals surface area contributed by atoms with Crippen LogP contribution in [0.25, 0.3) is 0 Å². The van der Waals surface area contributed by atoms with Crippen molar-refractivity contribution in [1.82, 2.24) is 19.9 Å². The van der Waals surface area contributed by atoms with E-state index in [0.29, 0.717) is 28.7 Å². The largest absolute Gasteiger partial charge is 0.338 e. The monoisotopic (exact) mass is 416 g/mol. The lowest BCUT2D eigenvalue weighted by Crippen LogP contribution is -2.52. The molecule has 154 valence electrons. The number of hydrogen-bond acceptors (Lipinski definition) is 7. The predicted octanol–water partition coefficient (Wildman–Crippen LogP) is 2.86. The van der Waals surface area contributed by atoms with Crippen LogP contribution in [0.15, 0.2) is 22.7 Å². The summed E-state index contributed by atoms with van der Waals surface area (Å²) in [5.41, 5.74) is 0.970. The highest BCUT2D eigenvalue weighted by molar-refractivity contribution is 6.32. The van der Waals surface area contributed by atoms with Crippen LogP contribution in [0.1, 0.15) is 44.0 Å². The van der Waals surface area contributed by atoms with Gasteiger partial charge in [-0.05, 0) is 25.1 Å². The standard InChI is InChI=1S/C20H25ClN6O2/c1-13(2)19-24-18(29-25-19)12-26-6-8-27(9-7-26)14(3)20(28)23-16-5-4-15(11-22)17(21)10-16/h4-5,10,13-14H,6-9,12H2,1-3H3,(H,23,28). The predicted molar refractivity (Wildman–Crippen MR) is 109 cm³/mol. The quantitative estimate of drug-likeness (QED) is 0.772. The van der Waals surface area contributed by atoms with Gasteiger partial charge in [-0.25, -0.2) is 0 Å². The van der Waals surface area contributed by atoms with Gasteiger partial charge in [0.15, 0.2) is 5.82 Å². The van der Waals surface area contributed by atoms with E-state index in [4.69, 9.17) is 21.4 Å². The average molecular weight is 417 g/mol. The van der Waals surface area contributed by atoms with E-state index in [0.717, 1.165) is 32.0 Å². The van der Waals surface area contributed by atoms with E-state index in [1.54, 1.807) is 18.2 Å². The molecule has 1 unspecified atom stereocenters. The Morgan fingerprint density at radius 1 is 1.31 bits per heavy atom. The summed E-state index contributed by atoms with van der Waals surface area (Å²) in [6.07, 6.45) is 0. The van der Waals surface area contributed by atoms with Crippen molar-refractivity contribution >= 4 is 23.2 Å². The molecule has 2 aromatic rings. The lowest BCUT2D eigenvalue weighted by molar-refractivity contribution is -0.121. The van der Waals surface area contributed by atoms with E-state index in [2.05, 4.69) is 25.3 Å². The van der Waals surface area contributed by atoms with E-state index in [1.807, 2.05) is 26.8 Å². The van der Waals surface area contributed by atoms with Gasteiger partial charge in [-0.3, -0.25) is 14.6 Å². The van der Waals surface area contributed by atoms with Gasteiger partial charge < -0.3 is 9.84 Å². The zero-order valence-corrected chi connectivity index (χ0v) is 17.6. The Kier molecular flexibility index (Phi) is 6.85. The molecule has 1 aliphatic heterocycles. The van der Waals surface area contributed by atoms with Gasteiger partial charge in [0.1, 0.15) is 6.07 Å². The number of amides is 1. The molecule has 1 fully saturated rings. The Morgan fingerprint density at radius 3 is 2.62 bits per heavy atom. The van der Waals surface area contributed by atoms with Crippen LogP contribution in [0, 0.1) is 11.3 Å². The number of carbonyl (C=O) groups excluding carboxylic acids is 1. The van der Waals surface area contributed by atoms with Gasteiger partial charge in [0.05, 0.1) is 23.2 Å². The number of nitrogens with zero attached hydrogens (tertiary/aromatic N) is 5. The van der Waals surface area contributed by atoms with E-state index in [-0.39, 0.29) is 17.9 Å². The van der Waals surface area contributed by atoms with Crippen LogP contribution >= 0.6 is 11.6 Å². The highest BCUT2D eigenvalue weighted by atomic mass is 35.5. The fourth-order valence-electron chi connectivity index (χ4n) is 3.16. The minimum absolute atomic E-state index is 0.0994. The van der Waals surface area contributed by atoms with E-state index in [1.165, 1.54) is 0 Å². The fraction of sp³-hybridized carbons (Fsp3) is 0.500. The molecule has 8 nitrogen and oxygen atoms in total. The first-order valence-electron chi connectivity index (χ1n) is 9.66. The third-order valence-corrected chi connectivity index (χ3v) is 5.36. The minimum Gasteiger partial charge on any atom is -0.338 e. The van der Waals surface area contributed by atoms with Crippen molar-refractivity contribution in [2.24, 2.45) is 0 Å². The molecule has 1 aromatic heterocycles. The van der Waals surface area contributed by atoms with Crippen molar-refractivity contribution in [2.75, 3.05) is 31.5 Å². The van der Waals surface area contributed by atoms with Crippen molar-refractivity contribution in [3.05, 3.63) is 40.5 Å². The zero-order valence-electron chi connectivity index (χ0n) is 16.9. The molecule has 2 heterocycles. The number of aromatic nitrogens is 2. The Morgan fingerprint density at radius 2 is 2.03 bits per heavy atom. The fourth-order valence-corrected chi connectivity index (χ4v) is 3.39. The van der Waals surface area contributed by atoms with Crippen molar-refractivity contribution in [2.45, 2.75) is 39.3 Å². The van der Waals surface area contributed by atoms with Gasteiger partial charge in [-0.15, -0.1) is 0 Å². The molecule has 1 atom stereocenters. The molecule has 0 saturated carbocycles. The summed E-state index contributed by atoms with van der Waals surface area (Å²) in [7, 11) is 0. The lowest BCUT2D eigenvalue weighted by atomic mass is 10.2. The Labute approximate surface area is 175 Å². The van der Waals surface area contributed by atoms with Crippen LogP contribution in [0.5, 0.6) is 0 Å². The van der Waals surface area contributed by atoms with Crippen LogP contribution in [-0.4, -0.2) is 58.1 Å². The Balaban J connectivity index is 1.50. The van der Waals surface area contributed by atoms with Crippen LogP contribution in [0.3, 0.4) is 0 Å². The van der Waals surface area contributed by atoms with Crippen LogP contribution in [-0.2, 0) is 11.3 Å². The van der Waals surface area contributed by atoms with Crippen LogP contribution < -0.4 is 5.32 Å². The number of hydrogen-bond donors (Lipinski definition) is 1. The van der Waals surface area contributed by atoms with Crippen molar-refractivity contribution < 1.29 is 9.32 Å². The van der Waals surface area contributed by atoms with Crippen LogP contribution in [0.2, 0.25) is 5.02 Å². The minimum atomic E-state index is -0.275. The number of carbonyl (C=O) groups is 1.